The van der Waals surface area contributed by atoms with E-state index in [1.54, 1.807) is 0 Å². The van der Waals surface area contributed by atoms with Crippen molar-refractivity contribution in [2.75, 3.05) is 6.61 Å². The lowest BCUT2D eigenvalue weighted by Crippen LogP contribution is -2.86. The SMILES string of the molecule is C=C1[C@H]2C[C@H](OC(C)=O)C3[C@]45CCCC(C)(C)C4[C@H](OC(C)=O)[C@](O)(OC5)[C@]3([C@@H]1OC(C)=O)[C@@H]2O. The van der Waals surface area contributed by atoms with Crippen molar-refractivity contribution < 1.29 is 43.5 Å². The van der Waals surface area contributed by atoms with E-state index in [1.165, 1.54) is 20.8 Å². The van der Waals surface area contributed by atoms with Crippen LogP contribution in [-0.2, 0) is 33.3 Å². The second-order valence-electron chi connectivity index (χ2n) is 12.0. The molecule has 9 nitrogen and oxygen atoms in total. The summed E-state index contributed by atoms with van der Waals surface area (Å²) in [6.45, 7) is 12.4. The second kappa shape index (κ2) is 7.52. The Hall–Kier alpha value is -1.97. The number of carbonyl (C=O) groups excluding carboxylic acids is 3. The van der Waals surface area contributed by atoms with Crippen LogP contribution < -0.4 is 0 Å². The van der Waals surface area contributed by atoms with Crippen LogP contribution in [0.5, 0.6) is 0 Å². The summed E-state index contributed by atoms with van der Waals surface area (Å²) >= 11 is 0. The van der Waals surface area contributed by atoms with Gasteiger partial charge in [-0.15, -0.1) is 0 Å². The minimum absolute atomic E-state index is 0.149. The molecule has 2 aliphatic heterocycles. The van der Waals surface area contributed by atoms with E-state index in [0.717, 1.165) is 12.8 Å². The lowest BCUT2D eigenvalue weighted by atomic mass is 9.35. The van der Waals surface area contributed by atoms with Gasteiger partial charge in [-0.2, -0.15) is 0 Å². The minimum Gasteiger partial charge on any atom is -0.462 e. The Morgan fingerprint density at radius 1 is 1.00 bits per heavy atom. The second-order valence-corrected chi connectivity index (χ2v) is 12.0. The van der Waals surface area contributed by atoms with Crippen molar-refractivity contribution in [2.45, 2.75) is 90.5 Å². The molecule has 2 heterocycles. The van der Waals surface area contributed by atoms with Crippen molar-refractivity contribution in [1.29, 1.82) is 0 Å². The predicted molar refractivity (Wildman–Crippen MR) is 120 cm³/mol. The lowest BCUT2D eigenvalue weighted by Gasteiger charge is -2.75. The number of aliphatic hydroxyl groups excluding tert-OH is 1. The molecule has 2 unspecified atom stereocenters. The minimum atomic E-state index is -2.19. The molecule has 6 aliphatic rings. The van der Waals surface area contributed by atoms with Gasteiger partial charge < -0.3 is 29.2 Å². The Labute approximate surface area is 205 Å². The monoisotopic (exact) mass is 492 g/mol. The first-order chi connectivity index (χ1) is 16.2. The molecular weight excluding hydrogens is 456 g/mol. The maximum absolute atomic E-state index is 12.6. The zero-order valence-electron chi connectivity index (χ0n) is 21.0. The number of rotatable bonds is 3. The quantitative estimate of drug-likeness (QED) is 0.345. The first-order valence-electron chi connectivity index (χ1n) is 12.5. The summed E-state index contributed by atoms with van der Waals surface area (Å²) in [7, 11) is 0. The van der Waals surface area contributed by atoms with Crippen molar-refractivity contribution in [3.8, 4) is 0 Å². The first kappa shape index (κ1) is 24.7. The van der Waals surface area contributed by atoms with Gasteiger partial charge in [-0.25, -0.2) is 0 Å². The maximum atomic E-state index is 12.6. The molecule has 0 amide bonds. The van der Waals surface area contributed by atoms with Crippen LogP contribution >= 0.6 is 0 Å². The molecule has 4 saturated carbocycles. The van der Waals surface area contributed by atoms with Gasteiger partial charge in [-0.3, -0.25) is 14.4 Å². The molecule has 0 aromatic rings. The van der Waals surface area contributed by atoms with Crippen molar-refractivity contribution in [3.05, 3.63) is 12.2 Å². The van der Waals surface area contributed by atoms with E-state index in [4.69, 9.17) is 18.9 Å². The number of esters is 3. The zero-order valence-corrected chi connectivity index (χ0v) is 21.0. The van der Waals surface area contributed by atoms with Crippen LogP contribution in [0.25, 0.3) is 0 Å². The first-order valence-corrected chi connectivity index (χ1v) is 12.5. The Balaban J connectivity index is 1.83. The molecule has 4 aliphatic carbocycles. The number of hydrogen-bond donors (Lipinski definition) is 2. The standard InChI is InChI=1S/C26H36O9/c1-12-16-10-17(33-13(2)27)18-24-9-7-8-23(5,6)19(24)22(35-15(4)29)26(31,32-11-24)25(18,20(16)30)21(12)34-14(3)28/h16-22,30-31H,1,7-11H2,2-6H3/t16-,17+,18?,19?,20-,21-,22+,24-,25+,26+/m1/s1. The summed E-state index contributed by atoms with van der Waals surface area (Å²) in [5, 5.41) is 24.4. The highest BCUT2D eigenvalue weighted by Gasteiger charge is 2.88. The Bertz CT molecular complexity index is 989. The van der Waals surface area contributed by atoms with Gasteiger partial charge in [0.25, 0.3) is 0 Å². The fraction of sp³-hybridized carbons (Fsp3) is 0.808. The van der Waals surface area contributed by atoms with E-state index in [-0.39, 0.29) is 17.9 Å². The third-order valence-corrected chi connectivity index (χ3v) is 9.80. The van der Waals surface area contributed by atoms with Crippen LogP contribution in [0.4, 0.5) is 0 Å². The number of carbonyl (C=O) groups is 3. The van der Waals surface area contributed by atoms with Crippen LogP contribution in [0.2, 0.25) is 0 Å². The molecule has 4 bridgehead atoms. The van der Waals surface area contributed by atoms with Gasteiger partial charge in [0.1, 0.15) is 17.6 Å². The highest BCUT2D eigenvalue weighted by Crippen LogP contribution is 2.78. The number of fused-ring (bicyclic) bond motifs is 2. The van der Waals surface area contributed by atoms with Gasteiger partial charge in [-0.05, 0) is 30.3 Å². The molecule has 0 radical (unpaired) electrons. The molecule has 0 aromatic carbocycles. The van der Waals surface area contributed by atoms with Gasteiger partial charge in [0.15, 0.2) is 6.10 Å². The van der Waals surface area contributed by atoms with Crippen molar-refractivity contribution in [2.24, 2.45) is 34.0 Å². The molecule has 2 N–H and O–H groups in total. The van der Waals surface area contributed by atoms with E-state index < -0.39 is 70.8 Å². The maximum Gasteiger partial charge on any atom is 0.303 e. The van der Waals surface area contributed by atoms with Gasteiger partial charge >= 0.3 is 17.9 Å². The lowest BCUT2D eigenvalue weighted by molar-refractivity contribution is -0.474. The van der Waals surface area contributed by atoms with E-state index in [2.05, 4.69) is 20.4 Å². The molecule has 10 atom stereocenters. The third kappa shape index (κ3) is 2.89. The molecule has 194 valence electrons. The fourth-order valence-electron chi connectivity index (χ4n) is 9.17. The summed E-state index contributed by atoms with van der Waals surface area (Å²) in [5.74, 6) is -5.38. The zero-order chi connectivity index (χ0) is 25.7. The van der Waals surface area contributed by atoms with Gasteiger partial charge in [-0.1, -0.05) is 26.8 Å². The summed E-state index contributed by atoms with van der Waals surface area (Å²) < 4.78 is 23.8. The average Bonchev–Trinajstić information content (AvgIpc) is 2.84. The van der Waals surface area contributed by atoms with Crippen LogP contribution in [0.15, 0.2) is 12.2 Å². The topological polar surface area (TPSA) is 129 Å². The van der Waals surface area contributed by atoms with Crippen LogP contribution in [-0.4, -0.2) is 64.9 Å². The summed E-state index contributed by atoms with van der Waals surface area (Å²) in [6, 6.07) is 0. The largest absolute Gasteiger partial charge is 0.462 e. The Morgan fingerprint density at radius 2 is 1.63 bits per heavy atom. The Kier molecular flexibility index (Phi) is 5.31. The third-order valence-electron chi connectivity index (χ3n) is 9.80. The summed E-state index contributed by atoms with van der Waals surface area (Å²) in [4.78, 5) is 36.9. The van der Waals surface area contributed by atoms with Crippen molar-refractivity contribution in [1.82, 2.24) is 0 Å². The van der Waals surface area contributed by atoms with Crippen LogP contribution in [0.3, 0.4) is 0 Å². The molecule has 2 saturated heterocycles. The smallest absolute Gasteiger partial charge is 0.303 e. The van der Waals surface area contributed by atoms with Crippen molar-refractivity contribution >= 4 is 17.9 Å². The van der Waals surface area contributed by atoms with Gasteiger partial charge in [0.05, 0.1) is 12.7 Å². The number of ether oxygens (including phenoxy) is 4. The van der Waals surface area contributed by atoms with E-state index in [1.807, 2.05) is 0 Å². The predicted octanol–water partition coefficient (Wildman–Crippen LogP) is 1.88. The Morgan fingerprint density at radius 3 is 2.23 bits per heavy atom. The summed E-state index contributed by atoms with van der Waals surface area (Å²) in [6.07, 6.45) is -1.44. The van der Waals surface area contributed by atoms with Crippen molar-refractivity contribution in [3.63, 3.8) is 0 Å². The molecule has 0 aromatic heterocycles. The number of hydrogen-bond acceptors (Lipinski definition) is 9. The molecular formula is C26H36O9. The van der Waals surface area contributed by atoms with Crippen LogP contribution in [0, 0.1) is 34.0 Å². The van der Waals surface area contributed by atoms with E-state index in [9.17, 15) is 24.6 Å². The number of aliphatic hydroxyl groups is 2. The highest BCUT2D eigenvalue weighted by atomic mass is 16.7. The van der Waals surface area contributed by atoms with E-state index in [0.29, 0.717) is 18.4 Å². The van der Waals surface area contributed by atoms with Crippen LogP contribution in [0.1, 0.15) is 60.3 Å². The molecule has 35 heavy (non-hydrogen) atoms. The average molecular weight is 493 g/mol. The molecule has 6 rings (SSSR count). The van der Waals surface area contributed by atoms with Gasteiger partial charge in [0, 0.05) is 43.9 Å². The fourth-order valence-corrected chi connectivity index (χ4v) is 9.17. The summed E-state index contributed by atoms with van der Waals surface area (Å²) in [5.41, 5.74) is -2.24. The molecule has 9 heteroatoms. The molecule has 2 spiro atoms. The highest BCUT2D eigenvalue weighted by molar-refractivity contribution is 5.68. The molecule has 6 fully saturated rings. The van der Waals surface area contributed by atoms with Gasteiger partial charge in [0.2, 0.25) is 5.79 Å². The normalized spacial score (nSPS) is 49.0. The van der Waals surface area contributed by atoms with E-state index >= 15 is 0 Å².